The number of benzene rings is 1. The van der Waals surface area contributed by atoms with Crippen LogP contribution in [0.2, 0.25) is 5.02 Å². The molecule has 3 nitrogen and oxygen atoms in total. The van der Waals surface area contributed by atoms with E-state index in [0.29, 0.717) is 11.8 Å². The average molecular weight is 272 g/mol. The Morgan fingerprint density at radius 3 is 2.56 bits per heavy atom. The predicted octanol–water partition coefficient (Wildman–Crippen LogP) is 2.95. The molecule has 0 atom stereocenters. The molecule has 1 aromatic rings. The van der Waals surface area contributed by atoms with Gasteiger partial charge in [0.25, 0.3) is 0 Å². The Balaban J connectivity index is 2.87. The number of halogens is 2. The zero-order valence-electron chi connectivity index (χ0n) is 10.5. The fourth-order valence-electron chi connectivity index (χ4n) is 1.30. The minimum Gasteiger partial charge on any atom is -0.352 e. The number of hydrogen-bond donors (Lipinski definition) is 1. The second-order valence-electron chi connectivity index (χ2n) is 4.98. The summed E-state index contributed by atoms with van der Waals surface area (Å²) in [6.07, 6.45) is 0.368. The predicted molar refractivity (Wildman–Crippen MR) is 68.1 cm³/mol. The lowest BCUT2D eigenvalue weighted by atomic mass is 9.95. The molecule has 0 bridgehead atoms. The van der Waals surface area contributed by atoms with E-state index in [9.17, 15) is 14.0 Å². The second kappa shape index (κ2) is 5.48. The van der Waals surface area contributed by atoms with Crippen molar-refractivity contribution >= 4 is 23.8 Å². The van der Waals surface area contributed by atoms with Crippen LogP contribution in [0.25, 0.3) is 0 Å². The number of carbonyl (C=O) groups is 2. The highest BCUT2D eigenvalue weighted by atomic mass is 35.5. The standard InChI is InChI=1S/C13H15ClFNO2/c1-13(2,3)12(18)16-6-8-4-5-10(15)9(7-17)11(8)14/h4-5,7H,6H2,1-3H3,(H,16,18). The van der Waals surface area contributed by atoms with Gasteiger partial charge in [-0.15, -0.1) is 0 Å². The molecule has 1 N–H and O–H groups in total. The Bertz CT molecular complexity index is 481. The van der Waals surface area contributed by atoms with Gasteiger partial charge in [0.05, 0.1) is 10.6 Å². The molecule has 0 spiro atoms. The SMILES string of the molecule is CC(C)(C)C(=O)NCc1ccc(F)c(C=O)c1Cl. The van der Waals surface area contributed by atoms with Crippen molar-refractivity contribution in [3.8, 4) is 0 Å². The van der Waals surface area contributed by atoms with E-state index in [2.05, 4.69) is 5.32 Å². The maximum Gasteiger partial charge on any atom is 0.225 e. The first-order valence-corrected chi connectivity index (χ1v) is 5.85. The van der Waals surface area contributed by atoms with Gasteiger partial charge >= 0.3 is 0 Å². The van der Waals surface area contributed by atoms with E-state index in [0.717, 1.165) is 6.07 Å². The Morgan fingerprint density at radius 2 is 2.06 bits per heavy atom. The summed E-state index contributed by atoms with van der Waals surface area (Å²) < 4.78 is 13.2. The van der Waals surface area contributed by atoms with E-state index in [-0.39, 0.29) is 23.0 Å². The van der Waals surface area contributed by atoms with Gasteiger partial charge in [-0.1, -0.05) is 38.4 Å². The number of nitrogens with one attached hydrogen (secondary N) is 1. The normalized spacial score (nSPS) is 11.2. The van der Waals surface area contributed by atoms with Gasteiger partial charge in [0.15, 0.2) is 6.29 Å². The molecular weight excluding hydrogens is 257 g/mol. The molecule has 0 saturated heterocycles. The van der Waals surface area contributed by atoms with Gasteiger partial charge in [-0.05, 0) is 11.6 Å². The van der Waals surface area contributed by atoms with Crippen LogP contribution in [-0.2, 0) is 11.3 Å². The molecular formula is C13H15ClFNO2. The second-order valence-corrected chi connectivity index (χ2v) is 5.36. The third-order valence-electron chi connectivity index (χ3n) is 2.44. The molecule has 0 unspecified atom stereocenters. The monoisotopic (exact) mass is 271 g/mol. The van der Waals surface area contributed by atoms with Crippen molar-refractivity contribution in [3.63, 3.8) is 0 Å². The van der Waals surface area contributed by atoms with Crippen LogP contribution in [0, 0.1) is 11.2 Å². The number of hydrogen-bond acceptors (Lipinski definition) is 2. The van der Waals surface area contributed by atoms with Gasteiger partial charge in [0, 0.05) is 12.0 Å². The van der Waals surface area contributed by atoms with Gasteiger partial charge < -0.3 is 5.32 Å². The van der Waals surface area contributed by atoms with Gasteiger partial charge in [-0.3, -0.25) is 9.59 Å². The molecule has 1 aromatic carbocycles. The van der Waals surface area contributed by atoms with Crippen LogP contribution >= 0.6 is 11.6 Å². The van der Waals surface area contributed by atoms with E-state index in [1.54, 1.807) is 20.8 Å². The van der Waals surface area contributed by atoms with Crippen molar-refractivity contribution in [1.29, 1.82) is 0 Å². The van der Waals surface area contributed by atoms with Crippen LogP contribution in [0.5, 0.6) is 0 Å². The molecule has 0 aliphatic heterocycles. The number of amides is 1. The summed E-state index contributed by atoms with van der Waals surface area (Å²) in [5, 5.41) is 2.73. The Morgan fingerprint density at radius 1 is 1.44 bits per heavy atom. The van der Waals surface area contributed by atoms with E-state index in [1.807, 2.05) is 0 Å². The first-order valence-electron chi connectivity index (χ1n) is 5.47. The Kier molecular flexibility index (Phi) is 4.46. The number of aldehydes is 1. The fourth-order valence-corrected chi connectivity index (χ4v) is 1.56. The first kappa shape index (κ1) is 14.6. The van der Waals surface area contributed by atoms with E-state index < -0.39 is 11.2 Å². The zero-order valence-corrected chi connectivity index (χ0v) is 11.3. The maximum atomic E-state index is 13.2. The van der Waals surface area contributed by atoms with Crippen molar-refractivity contribution < 1.29 is 14.0 Å². The number of rotatable bonds is 3. The summed E-state index contributed by atoms with van der Waals surface area (Å²) in [4.78, 5) is 22.4. The zero-order chi connectivity index (χ0) is 13.9. The molecule has 0 aliphatic rings. The maximum absolute atomic E-state index is 13.2. The summed E-state index contributed by atoms with van der Waals surface area (Å²) in [7, 11) is 0. The lowest BCUT2D eigenvalue weighted by Crippen LogP contribution is -2.34. The van der Waals surface area contributed by atoms with E-state index in [1.165, 1.54) is 6.07 Å². The van der Waals surface area contributed by atoms with E-state index >= 15 is 0 Å². The molecule has 98 valence electrons. The molecule has 0 fully saturated rings. The van der Waals surface area contributed by atoms with Crippen molar-refractivity contribution in [2.75, 3.05) is 0 Å². The summed E-state index contributed by atoms with van der Waals surface area (Å²) in [6.45, 7) is 5.51. The lowest BCUT2D eigenvalue weighted by molar-refractivity contribution is -0.128. The van der Waals surface area contributed by atoms with Crippen molar-refractivity contribution in [2.45, 2.75) is 27.3 Å². The molecule has 0 aromatic heterocycles. The molecule has 5 heteroatoms. The highest BCUT2D eigenvalue weighted by Gasteiger charge is 2.21. The average Bonchev–Trinajstić information content (AvgIpc) is 2.27. The smallest absolute Gasteiger partial charge is 0.225 e. The minimum atomic E-state index is -0.666. The summed E-state index contributed by atoms with van der Waals surface area (Å²) in [5.74, 6) is -0.809. The summed E-state index contributed by atoms with van der Waals surface area (Å²) in [5.41, 5.74) is -0.183. The quantitative estimate of drug-likeness (QED) is 0.859. The molecule has 0 aliphatic carbocycles. The topological polar surface area (TPSA) is 46.2 Å². The molecule has 1 amide bonds. The highest BCUT2D eigenvalue weighted by Crippen LogP contribution is 2.23. The molecule has 0 radical (unpaired) electrons. The fraction of sp³-hybridized carbons (Fsp3) is 0.385. The largest absolute Gasteiger partial charge is 0.352 e. The van der Waals surface area contributed by atoms with Crippen molar-refractivity contribution in [2.24, 2.45) is 5.41 Å². The minimum absolute atomic E-state index is 0.0409. The van der Waals surface area contributed by atoms with Crippen molar-refractivity contribution in [1.82, 2.24) is 5.32 Å². The van der Waals surface area contributed by atoms with Gasteiger partial charge in [-0.25, -0.2) is 4.39 Å². The molecule has 0 heterocycles. The van der Waals surface area contributed by atoms with Crippen LogP contribution in [0.4, 0.5) is 4.39 Å². The van der Waals surface area contributed by atoms with Crippen LogP contribution in [0.15, 0.2) is 12.1 Å². The molecule has 18 heavy (non-hydrogen) atoms. The van der Waals surface area contributed by atoms with Crippen LogP contribution in [-0.4, -0.2) is 12.2 Å². The van der Waals surface area contributed by atoms with Crippen LogP contribution in [0.1, 0.15) is 36.7 Å². The van der Waals surface area contributed by atoms with Crippen LogP contribution in [0.3, 0.4) is 0 Å². The van der Waals surface area contributed by atoms with E-state index in [4.69, 9.17) is 11.6 Å². The molecule has 0 saturated carbocycles. The third kappa shape index (κ3) is 3.29. The first-order chi connectivity index (χ1) is 8.27. The number of carbonyl (C=O) groups excluding carboxylic acids is 2. The summed E-state index contributed by atoms with van der Waals surface area (Å²) in [6, 6.07) is 2.61. The Labute approximate surface area is 110 Å². The third-order valence-corrected chi connectivity index (χ3v) is 2.89. The Hall–Kier alpha value is -1.42. The molecule has 1 rings (SSSR count). The van der Waals surface area contributed by atoms with Crippen molar-refractivity contribution in [3.05, 3.63) is 34.1 Å². The van der Waals surface area contributed by atoms with Gasteiger partial charge in [-0.2, -0.15) is 0 Å². The van der Waals surface area contributed by atoms with Gasteiger partial charge in [0.1, 0.15) is 5.82 Å². The summed E-state index contributed by atoms with van der Waals surface area (Å²) >= 11 is 5.89. The lowest BCUT2D eigenvalue weighted by Gasteiger charge is -2.18. The van der Waals surface area contributed by atoms with Crippen LogP contribution < -0.4 is 5.32 Å². The van der Waals surface area contributed by atoms with Gasteiger partial charge in [0.2, 0.25) is 5.91 Å². The highest BCUT2D eigenvalue weighted by molar-refractivity contribution is 6.33.